The third kappa shape index (κ3) is 2.94. The monoisotopic (exact) mass is 252 g/mol. The fourth-order valence-electron chi connectivity index (χ4n) is 1.70. The minimum atomic E-state index is -0.0905. The molecule has 1 amide bonds. The van der Waals surface area contributed by atoms with Crippen LogP contribution in [-0.2, 0) is 4.79 Å². The Morgan fingerprint density at radius 3 is 2.26 bits per heavy atom. The molecular weight excluding hydrogens is 240 g/mol. The molecule has 0 aromatic heterocycles. The summed E-state index contributed by atoms with van der Waals surface area (Å²) in [6, 6.07) is 15.8. The average molecular weight is 252 g/mol. The summed E-state index contributed by atoms with van der Waals surface area (Å²) in [6.45, 7) is 0. The van der Waals surface area contributed by atoms with Crippen LogP contribution in [0.1, 0.15) is 10.4 Å². The van der Waals surface area contributed by atoms with Gasteiger partial charge < -0.3 is 4.90 Å². The van der Waals surface area contributed by atoms with E-state index in [4.69, 9.17) is 0 Å². The highest BCUT2D eigenvalue weighted by Crippen LogP contribution is 2.20. The fourth-order valence-corrected chi connectivity index (χ4v) is 1.70. The molecule has 0 saturated heterocycles. The predicted molar refractivity (Wildman–Crippen MR) is 73.4 cm³/mol. The van der Waals surface area contributed by atoms with Gasteiger partial charge in [-0.1, -0.05) is 18.2 Å². The number of amides is 1. The summed E-state index contributed by atoms with van der Waals surface area (Å²) in [5.74, 6) is -0.0905. The molecule has 0 bridgehead atoms. The van der Waals surface area contributed by atoms with Crippen molar-refractivity contribution in [2.75, 3.05) is 11.9 Å². The highest BCUT2D eigenvalue weighted by Gasteiger charge is 2.12. The smallest absolute Gasteiger partial charge is 0.258 e. The molecule has 0 saturated carbocycles. The zero-order chi connectivity index (χ0) is 13.7. The summed E-state index contributed by atoms with van der Waals surface area (Å²) < 4.78 is 0. The van der Waals surface area contributed by atoms with E-state index in [1.807, 2.05) is 18.2 Å². The minimum absolute atomic E-state index is 0.0905. The lowest BCUT2D eigenvalue weighted by molar-refractivity contribution is 0.0993. The Kier molecular flexibility index (Phi) is 3.86. The molecule has 2 aromatic carbocycles. The van der Waals surface area contributed by atoms with Crippen LogP contribution >= 0.6 is 0 Å². The molecule has 0 aliphatic carbocycles. The third-order valence-electron chi connectivity index (χ3n) is 2.74. The lowest BCUT2D eigenvalue weighted by Gasteiger charge is -2.17. The van der Waals surface area contributed by atoms with Crippen LogP contribution in [0.2, 0.25) is 0 Å². The summed E-state index contributed by atoms with van der Waals surface area (Å²) in [7, 11) is 1.70. The minimum Gasteiger partial charge on any atom is -0.311 e. The van der Waals surface area contributed by atoms with Gasteiger partial charge in [-0.2, -0.15) is 4.99 Å². The van der Waals surface area contributed by atoms with Gasteiger partial charge in [-0.25, -0.2) is 4.79 Å². The van der Waals surface area contributed by atoms with Crippen LogP contribution in [0.5, 0.6) is 0 Å². The van der Waals surface area contributed by atoms with Gasteiger partial charge in [0.05, 0.1) is 5.69 Å². The molecule has 0 atom stereocenters. The van der Waals surface area contributed by atoms with Gasteiger partial charge in [0.15, 0.2) is 0 Å². The SMILES string of the molecule is CN(C(=O)c1ccccc1)c1ccc(N=C=O)cc1. The number of rotatable bonds is 3. The standard InChI is InChI=1S/C15H12N2O2/c1-17(15(19)12-5-3-2-4-6-12)14-9-7-13(8-10-14)16-11-18/h2-10H,1H3. The van der Waals surface area contributed by atoms with Gasteiger partial charge in [0.25, 0.3) is 5.91 Å². The molecule has 4 nitrogen and oxygen atoms in total. The van der Waals surface area contributed by atoms with E-state index < -0.39 is 0 Å². The van der Waals surface area contributed by atoms with Crippen molar-refractivity contribution in [2.24, 2.45) is 4.99 Å². The molecule has 2 aromatic rings. The van der Waals surface area contributed by atoms with Gasteiger partial charge in [0.2, 0.25) is 6.08 Å². The number of hydrogen-bond donors (Lipinski definition) is 0. The number of benzene rings is 2. The van der Waals surface area contributed by atoms with E-state index in [1.165, 1.54) is 6.08 Å². The van der Waals surface area contributed by atoms with Gasteiger partial charge in [0, 0.05) is 18.3 Å². The Labute approximate surface area is 111 Å². The summed E-state index contributed by atoms with van der Waals surface area (Å²) in [6.07, 6.45) is 1.48. The molecule has 0 radical (unpaired) electrons. The number of carbonyl (C=O) groups is 1. The van der Waals surface area contributed by atoms with Crippen molar-refractivity contribution in [3.63, 3.8) is 0 Å². The van der Waals surface area contributed by atoms with Crippen LogP contribution in [0.3, 0.4) is 0 Å². The molecule has 2 rings (SSSR count). The Balaban J connectivity index is 2.22. The Hall–Kier alpha value is -2.71. The number of aliphatic imine (C=N–C) groups is 1. The number of hydrogen-bond acceptors (Lipinski definition) is 3. The van der Waals surface area contributed by atoms with Gasteiger partial charge in [0.1, 0.15) is 0 Å². The molecule has 4 heteroatoms. The second kappa shape index (κ2) is 5.76. The first kappa shape index (κ1) is 12.7. The van der Waals surface area contributed by atoms with Crippen molar-refractivity contribution >= 4 is 23.4 Å². The molecular formula is C15H12N2O2. The normalized spacial score (nSPS) is 9.53. The summed E-state index contributed by atoms with van der Waals surface area (Å²) in [5.41, 5.74) is 1.87. The van der Waals surface area contributed by atoms with E-state index in [0.717, 1.165) is 5.69 Å². The third-order valence-corrected chi connectivity index (χ3v) is 2.74. The summed E-state index contributed by atoms with van der Waals surface area (Å²) in [4.78, 5) is 27.4. The van der Waals surface area contributed by atoms with Crippen LogP contribution in [0.15, 0.2) is 59.6 Å². The predicted octanol–water partition coefficient (Wildman–Crippen LogP) is 2.93. The van der Waals surface area contributed by atoms with E-state index in [-0.39, 0.29) is 5.91 Å². The molecule has 0 unspecified atom stereocenters. The van der Waals surface area contributed by atoms with E-state index in [0.29, 0.717) is 11.3 Å². The molecule has 94 valence electrons. The molecule has 0 N–H and O–H groups in total. The van der Waals surface area contributed by atoms with Gasteiger partial charge in [-0.05, 0) is 36.4 Å². The second-order valence-electron chi connectivity index (χ2n) is 3.95. The van der Waals surface area contributed by atoms with Crippen LogP contribution < -0.4 is 4.90 Å². The average Bonchev–Trinajstić information content (AvgIpc) is 2.48. The van der Waals surface area contributed by atoms with Crippen LogP contribution in [0, 0.1) is 0 Å². The summed E-state index contributed by atoms with van der Waals surface area (Å²) in [5, 5.41) is 0. The number of isocyanates is 1. The zero-order valence-electron chi connectivity index (χ0n) is 10.4. The van der Waals surface area contributed by atoms with Crippen molar-refractivity contribution in [1.82, 2.24) is 0 Å². The number of nitrogens with zero attached hydrogens (tertiary/aromatic N) is 2. The van der Waals surface area contributed by atoms with Gasteiger partial charge >= 0.3 is 0 Å². The van der Waals surface area contributed by atoms with E-state index in [9.17, 15) is 9.59 Å². The van der Waals surface area contributed by atoms with E-state index in [2.05, 4.69) is 4.99 Å². The van der Waals surface area contributed by atoms with E-state index >= 15 is 0 Å². The van der Waals surface area contributed by atoms with Crippen molar-refractivity contribution in [3.8, 4) is 0 Å². The van der Waals surface area contributed by atoms with Crippen molar-refractivity contribution in [2.45, 2.75) is 0 Å². The van der Waals surface area contributed by atoms with Crippen molar-refractivity contribution in [3.05, 3.63) is 60.2 Å². The van der Waals surface area contributed by atoms with Crippen LogP contribution in [0.25, 0.3) is 0 Å². The fraction of sp³-hybridized carbons (Fsp3) is 0.0667. The van der Waals surface area contributed by atoms with Gasteiger partial charge in [-0.3, -0.25) is 4.79 Å². The second-order valence-corrected chi connectivity index (χ2v) is 3.95. The molecule has 19 heavy (non-hydrogen) atoms. The molecule has 0 aliphatic rings. The maximum Gasteiger partial charge on any atom is 0.258 e. The zero-order valence-corrected chi connectivity index (χ0v) is 10.4. The number of carbonyl (C=O) groups excluding carboxylic acids is 2. The Morgan fingerprint density at radius 2 is 1.68 bits per heavy atom. The first-order valence-electron chi connectivity index (χ1n) is 5.73. The summed E-state index contributed by atoms with van der Waals surface area (Å²) >= 11 is 0. The quantitative estimate of drug-likeness (QED) is 0.623. The highest BCUT2D eigenvalue weighted by molar-refractivity contribution is 6.05. The topological polar surface area (TPSA) is 49.7 Å². The molecule has 0 heterocycles. The van der Waals surface area contributed by atoms with Crippen LogP contribution in [0.4, 0.5) is 11.4 Å². The maximum atomic E-state index is 12.2. The van der Waals surface area contributed by atoms with Gasteiger partial charge in [-0.15, -0.1) is 0 Å². The Morgan fingerprint density at radius 1 is 1.05 bits per heavy atom. The maximum absolute atomic E-state index is 12.2. The molecule has 0 spiro atoms. The van der Waals surface area contributed by atoms with E-state index in [1.54, 1.807) is 48.3 Å². The lowest BCUT2D eigenvalue weighted by Crippen LogP contribution is -2.25. The first-order valence-corrected chi connectivity index (χ1v) is 5.73. The Bertz CT molecular complexity index is 614. The van der Waals surface area contributed by atoms with Crippen LogP contribution in [-0.4, -0.2) is 19.0 Å². The first-order chi connectivity index (χ1) is 9.22. The largest absolute Gasteiger partial charge is 0.311 e. The lowest BCUT2D eigenvalue weighted by atomic mass is 10.2. The van der Waals surface area contributed by atoms with Crippen molar-refractivity contribution < 1.29 is 9.59 Å². The molecule has 0 aliphatic heterocycles. The molecule has 0 fully saturated rings. The highest BCUT2D eigenvalue weighted by atomic mass is 16.2. The van der Waals surface area contributed by atoms with Crippen molar-refractivity contribution in [1.29, 1.82) is 0 Å². The number of anilines is 1.